The van der Waals surface area contributed by atoms with E-state index in [1.807, 2.05) is 24.3 Å². The van der Waals surface area contributed by atoms with Crippen molar-refractivity contribution in [3.63, 3.8) is 0 Å². The maximum Gasteiger partial charge on any atom is 0.335 e. The molecule has 0 saturated carbocycles. The summed E-state index contributed by atoms with van der Waals surface area (Å²) >= 11 is 0. The lowest BCUT2D eigenvalue weighted by atomic mass is 9.95. The largest absolute Gasteiger partial charge is 0.478 e. The fourth-order valence-electron chi connectivity index (χ4n) is 4.38. The lowest BCUT2D eigenvalue weighted by molar-refractivity contribution is -0.133. The Labute approximate surface area is 193 Å². The zero-order chi connectivity index (χ0) is 23.2. The van der Waals surface area contributed by atoms with Gasteiger partial charge in [0.25, 0.3) is 0 Å². The first kappa shape index (κ1) is 22.7. The minimum absolute atomic E-state index is 0.238. The van der Waals surface area contributed by atoms with Crippen molar-refractivity contribution in [1.82, 2.24) is 31.1 Å². The lowest BCUT2D eigenvalue weighted by Crippen LogP contribution is -2.39. The van der Waals surface area contributed by atoms with Gasteiger partial charge in [-0.1, -0.05) is 75.2 Å². The summed E-state index contributed by atoms with van der Waals surface area (Å²) < 4.78 is 0. The van der Waals surface area contributed by atoms with Crippen LogP contribution in [0, 0.1) is 0 Å². The highest BCUT2D eigenvalue weighted by atomic mass is 16.4. The van der Waals surface area contributed by atoms with Crippen LogP contribution in [0.3, 0.4) is 0 Å². The molecule has 0 radical (unpaired) electrons. The van der Waals surface area contributed by atoms with Crippen molar-refractivity contribution >= 4 is 5.97 Å². The second-order valence-corrected chi connectivity index (χ2v) is 8.28. The first-order chi connectivity index (χ1) is 16.1. The molecule has 1 aliphatic heterocycles. The number of allylic oxidation sites excluding steroid dienone is 1. The second kappa shape index (κ2) is 10.4. The van der Waals surface area contributed by atoms with Crippen molar-refractivity contribution < 1.29 is 9.90 Å². The molecule has 3 aromatic rings. The Morgan fingerprint density at radius 1 is 1.06 bits per heavy atom. The Balaban J connectivity index is 1.56. The molecule has 8 nitrogen and oxygen atoms in total. The van der Waals surface area contributed by atoms with Crippen LogP contribution in [-0.2, 0) is 11.2 Å². The smallest absolute Gasteiger partial charge is 0.335 e. The monoisotopic (exact) mass is 446 g/mol. The Hall–Kier alpha value is -3.52. The summed E-state index contributed by atoms with van der Waals surface area (Å²) in [6.07, 6.45) is 4.38. The molecule has 1 unspecified atom stereocenters. The third kappa shape index (κ3) is 4.96. The topological polar surface area (TPSA) is 107 Å². The van der Waals surface area contributed by atoms with Gasteiger partial charge in [0, 0.05) is 17.8 Å². The van der Waals surface area contributed by atoms with E-state index < -0.39 is 5.97 Å². The Bertz CT molecular complexity index is 1110. The molecule has 1 aromatic heterocycles. The number of rotatable bonds is 10. The molecule has 4 rings (SSSR count). The number of carbonyl (C=O) groups is 1. The summed E-state index contributed by atoms with van der Waals surface area (Å²) in [4.78, 5) is 12.2. The van der Waals surface area contributed by atoms with Crippen LogP contribution >= 0.6 is 0 Å². The van der Waals surface area contributed by atoms with Crippen molar-refractivity contribution in [3.05, 3.63) is 65.4 Å². The molecule has 0 amide bonds. The summed E-state index contributed by atoms with van der Waals surface area (Å²) in [5, 5.41) is 26.4. The van der Waals surface area contributed by atoms with E-state index >= 15 is 0 Å². The van der Waals surface area contributed by atoms with E-state index in [0.717, 1.165) is 60.2 Å². The number of carboxylic acid groups (broad SMARTS) is 1. The fourth-order valence-corrected chi connectivity index (χ4v) is 4.38. The Morgan fingerprint density at radius 3 is 2.45 bits per heavy atom. The van der Waals surface area contributed by atoms with E-state index in [0.29, 0.717) is 17.8 Å². The molecule has 0 spiro atoms. The summed E-state index contributed by atoms with van der Waals surface area (Å²) in [6.45, 7) is 5.06. The highest BCUT2D eigenvalue weighted by molar-refractivity contribution is 5.89. The quantitative estimate of drug-likeness (QED) is 0.428. The van der Waals surface area contributed by atoms with E-state index in [1.165, 1.54) is 0 Å². The van der Waals surface area contributed by atoms with Gasteiger partial charge in [0.1, 0.15) is 0 Å². The SMILES string of the molecule is CCCCN1NC(Cc2ccc(-c3ccccc3-c3nn[nH]n3)cc2)C(C(=O)O)=C1CCC. The molecule has 1 atom stereocenters. The predicted molar refractivity (Wildman–Crippen MR) is 127 cm³/mol. The minimum atomic E-state index is -0.833. The van der Waals surface area contributed by atoms with Gasteiger partial charge in [-0.05, 0) is 41.2 Å². The maximum atomic E-state index is 12.2. The molecular formula is C25H30N6O2. The normalized spacial score (nSPS) is 15.9. The van der Waals surface area contributed by atoms with Crippen LogP contribution < -0.4 is 5.43 Å². The van der Waals surface area contributed by atoms with Gasteiger partial charge in [0.2, 0.25) is 5.82 Å². The summed E-state index contributed by atoms with van der Waals surface area (Å²) in [5.41, 5.74) is 8.95. The van der Waals surface area contributed by atoms with Gasteiger partial charge in [-0.3, -0.25) is 0 Å². The molecule has 0 saturated heterocycles. The molecule has 8 heteroatoms. The number of aromatic amines is 1. The van der Waals surface area contributed by atoms with E-state index in [-0.39, 0.29) is 6.04 Å². The van der Waals surface area contributed by atoms with Crippen molar-refractivity contribution in [2.24, 2.45) is 0 Å². The van der Waals surface area contributed by atoms with Crippen LogP contribution in [0.2, 0.25) is 0 Å². The van der Waals surface area contributed by atoms with Crippen LogP contribution in [0.4, 0.5) is 0 Å². The standard InChI is InChI=1S/C25H30N6O2/c1-3-5-15-31-22(8-4-2)23(25(32)33)21(28-31)16-17-11-13-18(14-12-17)19-9-6-7-10-20(19)24-26-29-30-27-24/h6-7,9-14,21,28H,3-5,8,15-16H2,1-2H3,(H,32,33)(H,26,27,29,30). The number of hydrogen-bond acceptors (Lipinski definition) is 6. The number of H-pyrrole nitrogens is 1. The van der Waals surface area contributed by atoms with E-state index in [2.05, 4.69) is 69.2 Å². The second-order valence-electron chi connectivity index (χ2n) is 8.28. The average molecular weight is 447 g/mol. The highest BCUT2D eigenvalue weighted by Gasteiger charge is 2.34. The lowest BCUT2D eigenvalue weighted by Gasteiger charge is -2.23. The van der Waals surface area contributed by atoms with Gasteiger partial charge in [-0.25, -0.2) is 10.2 Å². The van der Waals surface area contributed by atoms with Crippen molar-refractivity contribution in [1.29, 1.82) is 0 Å². The number of hydrogen-bond donors (Lipinski definition) is 3. The van der Waals surface area contributed by atoms with Crippen molar-refractivity contribution in [2.45, 2.75) is 52.0 Å². The first-order valence-electron chi connectivity index (χ1n) is 11.5. The molecule has 1 aliphatic rings. The third-order valence-corrected chi connectivity index (χ3v) is 5.97. The van der Waals surface area contributed by atoms with E-state index in [9.17, 15) is 9.90 Å². The van der Waals surface area contributed by atoms with Gasteiger partial charge in [0.15, 0.2) is 0 Å². The van der Waals surface area contributed by atoms with Crippen LogP contribution in [0.5, 0.6) is 0 Å². The molecule has 2 aromatic carbocycles. The van der Waals surface area contributed by atoms with Gasteiger partial charge >= 0.3 is 5.97 Å². The molecule has 3 N–H and O–H groups in total. The maximum absolute atomic E-state index is 12.2. The summed E-state index contributed by atoms with van der Waals surface area (Å²) in [7, 11) is 0. The fraction of sp³-hybridized carbons (Fsp3) is 0.360. The number of hydrazine groups is 1. The van der Waals surface area contributed by atoms with Crippen LogP contribution in [0.1, 0.15) is 45.1 Å². The van der Waals surface area contributed by atoms with Crippen LogP contribution in [-0.4, -0.2) is 49.3 Å². The van der Waals surface area contributed by atoms with Crippen LogP contribution in [0.25, 0.3) is 22.5 Å². The number of aromatic nitrogens is 4. The first-order valence-corrected chi connectivity index (χ1v) is 11.5. The zero-order valence-electron chi connectivity index (χ0n) is 19.1. The number of aliphatic carboxylic acids is 1. The number of carboxylic acids is 1. The van der Waals surface area contributed by atoms with Gasteiger partial charge in [-0.15, -0.1) is 10.2 Å². The summed E-state index contributed by atoms with van der Waals surface area (Å²) in [6, 6.07) is 16.0. The van der Waals surface area contributed by atoms with Crippen molar-refractivity contribution in [2.75, 3.05) is 6.54 Å². The number of unbranched alkanes of at least 4 members (excludes halogenated alkanes) is 1. The molecule has 0 aliphatic carbocycles. The minimum Gasteiger partial charge on any atom is -0.478 e. The molecule has 33 heavy (non-hydrogen) atoms. The number of benzene rings is 2. The van der Waals surface area contributed by atoms with E-state index in [1.54, 1.807) is 0 Å². The Kier molecular flexibility index (Phi) is 7.14. The van der Waals surface area contributed by atoms with Crippen LogP contribution in [0.15, 0.2) is 59.8 Å². The van der Waals surface area contributed by atoms with Gasteiger partial charge < -0.3 is 10.1 Å². The average Bonchev–Trinajstić information content (AvgIpc) is 3.47. The van der Waals surface area contributed by atoms with Gasteiger partial charge in [0.05, 0.1) is 11.6 Å². The van der Waals surface area contributed by atoms with Gasteiger partial charge in [-0.2, -0.15) is 5.21 Å². The molecule has 0 fully saturated rings. The molecule has 0 bridgehead atoms. The molecule has 172 valence electrons. The highest BCUT2D eigenvalue weighted by Crippen LogP contribution is 2.31. The number of nitrogens with one attached hydrogen (secondary N) is 2. The van der Waals surface area contributed by atoms with E-state index in [4.69, 9.17) is 0 Å². The Morgan fingerprint density at radius 2 is 1.82 bits per heavy atom. The third-order valence-electron chi connectivity index (χ3n) is 5.97. The molecular weight excluding hydrogens is 416 g/mol. The molecule has 2 heterocycles. The summed E-state index contributed by atoms with van der Waals surface area (Å²) in [5.74, 6) is -0.280. The zero-order valence-corrected chi connectivity index (χ0v) is 19.1. The predicted octanol–water partition coefficient (Wildman–Crippen LogP) is 4.20. The number of nitrogens with zero attached hydrogens (tertiary/aromatic N) is 4. The number of tetrazole rings is 1. The van der Waals surface area contributed by atoms with Crippen molar-refractivity contribution in [3.8, 4) is 22.5 Å².